The first-order chi connectivity index (χ1) is 10.7. The highest BCUT2D eigenvalue weighted by Crippen LogP contribution is 2.58. The molecule has 0 aromatic heterocycles. The van der Waals surface area contributed by atoms with E-state index in [-0.39, 0.29) is 11.0 Å². The SMILES string of the molecule is CC(C)c1cccc(C(C)C)c1N1[C]C2(C)CCC1(C)C[C@H]2C. The van der Waals surface area contributed by atoms with Crippen molar-refractivity contribution in [2.75, 3.05) is 4.90 Å². The molecule has 3 atom stereocenters. The van der Waals surface area contributed by atoms with Crippen LogP contribution < -0.4 is 4.90 Å². The number of hydrogen-bond donors (Lipinski definition) is 0. The number of rotatable bonds is 3. The Morgan fingerprint density at radius 1 is 1.04 bits per heavy atom. The van der Waals surface area contributed by atoms with E-state index >= 15 is 0 Å². The predicted molar refractivity (Wildman–Crippen MR) is 99.9 cm³/mol. The van der Waals surface area contributed by atoms with Crippen molar-refractivity contribution in [3.63, 3.8) is 0 Å². The van der Waals surface area contributed by atoms with Crippen LogP contribution in [0.15, 0.2) is 18.2 Å². The molecule has 3 aliphatic rings. The van der Waals surface area contributed by atoms with E-state index in [0.717, 1.165) is 5.92 Å². The normalized spacial score (nSPS) is 33.8. The molecular formula is C22H33N. The molecule has 2 heterocycles. The van der Waals surface area contributed by atoms with E-state index in [0.29, 0.717) is 11.8 Å². The first-order valence-electron chi connectivity index (χ1n) is 9.39. The van der Waals surface area contributed by atoms with Gasteiger partial charge in [0.05, 0.1) is 6.54 Å². The topological polar surface area (TPSA) is 3.24 Å². The van der Waals surface area contributed by atoms with E-state index in [2.05, 4.69) is 78.1 Å². The number of para-hydroxylation sites is 1. The summed E-state index contributed by atoms with van der Waals surface area (Å²) in [5.41, 5.74) is 4.88. The Morgan fingerprint density at radius 3 is 2.09 bits per heavy atom. The van der Waals surface area contributed by atoms with Gasteiger partial charge in [0.15, 0.2) is 0 Å². The lowest BCUT2D eigenvalue weighted by Gasteiger charge is -2.61. The van der Waals surface area contributed by atoms with E-state index in [1.165, 1.54) is 36.1 Å². The lowest BCUT2D eigenvalue weighted by molar-refractivity contribution is 0.0609. The van der Waals surface area contributed by atoms with Gasteiger partial charge in [0.25, 0.3) is 0 Å². The summed E-state index contributed by atoms with van der Waals surface area (Å²) in [7, 11) is 0. The number of fused-ring (bicyclic) bond motifs is 3. The van der Waals surface area contributed by atoms with Gasteiger partial charge >= 0.3 is 0 Å². The molecule has 23 heavy (non-hydrogen) atoms. The molecule has 0 spiro atoms. The third-order valence-corrected chi connectivity index (χ3v) is 6.49. The Hall–Kier alpha value is -0.980. The second-order valence-corrected chi connectivity index (χ2v) is 9.06. The first kappa shape index (κ1) is 16.9. The summed E-state index contributed by atoms with van der Waals surface area (Å²) in [5.74, 6) is 1.81. The Kier molecular flexibility index (Phi) is 4.06. The van der Waals surface area contributed by atoms with E-state index in [1.54, 1.807) is 0 Å². The van der Waals surface area contributed by atoms with Crippen LogP contribution in [0, 0.1) is 17.9 Å². The summed E-state index contributed by atoms with van der Waals surface area (Å²) in [5, 5.41) is 0. The van der Waals surface area contributed by atoms with Crippen molar-refractivity contribution >= 4 is 5.69 Å². The maximum Gasteiger partial charge on any atom is 0.0985 e. The molecule has 2 saturated heterocycles. The van der Waals surface area contributed by atoms with Gasteiger partial charge in [0.2, 0.25) is 0 Å². The van der Waals surface area contributed by atoms with Gasteiger partial charge in [0, 0.05) is 11.2 Å². The van der Waals surface area contributed by atoms with E-state index in [9.17, 15) is 0 Å². The van der Waals surface area contributed by atoms with Gasteiger partial charge in [-0.2, -0.15) is 0 Å². The zero-order valence-electron chi connectivity index (χ0n) is 16.0. The van der Waals surface area contributed by atoms with Gasteiger partial charge in [-0.3, -0.25) is 0 Å². The second-order valence-electron chi connectivity index (χ2n) is 9.06. The molecule has 1 aromatic carbocycles. The molecule has 1 aromatic rings. The molecule has 2 aliphatic heterocycles. The van der Waals surface area contributed by atoms with Crippen molar-refractivity contribution in [3.05, 3.63) is 35.9 Å². The Labute approximate surface area is 143 Å². The number of piperidine rings is 2. The number of benzene rings is 1. The van der Waals surface area contributed by atoms with Crippen LogP contribution in [0.3, 0.4) is 0 Å². The molecule has 1 aliphatic carbocycles. The highest BCUT2D eigenvalue weighted by molar-refractivity contribution is 5.66. The zero-order chi connectivity index (χ0) is 17.0. The lowest BCUT2D eigenvalue weighted by Crippen LogP contribution is -2.61. The van der Waals surface area contributed by atoms with Crippen LogP contribution in [0.5, 0.6) is 0 Å². The molecule has 3 fully saturated rings. The molecular weight excluding hydrogens is 278 g/mol. The predicted octanol–water partition coefficient (Wildman–Crippen LogP) is 6.38. The second kappa shape index (κ2) is 5.53. The average molecular weight is 312 g/mol. The molecule has 4 rings (SSSR count). The maximum absolute atomic E-state index is 3.96. The fourth-order valence-electron chi connectivity index (χ4n) is 4.62. The van der Waals surface area contributed by atoms with Crippen LogP contribution in [-0.2, 0) is 0 Å². The van der Waals surface area contributed by atoms with Crippen LogP contribution in [0.2, 0.25) is 0 Å². The van der Waals surface area contributed by atoms with Crippen LogP contribution in [0.4, 0.5) is 5.69 Å². The van der Waals surface area contributed by atoms with Gasteiger partial charge in [-0.1, -0.05) is 59.7 Å². The Morgan fingerprint density at radius 2 is 1.61 bits per heavy atom. The molecule has 2 unspecified atom stereocenters. The fraction of sp³-hybridized carbons (Fsp3) is 0.682. The third kappa shape index (κ3) is 2.61. The summed E-state index contributed by atoms with van der Waals surface area (Å²) in [4.78, 5) is 2.57. The largest absolute Gasteiger partial charge is 0.354 e. The molecule has 0 N–H and O–H groups in total. The monoisotopic (exact) mass is 311 g/mol. The van der Waals surface area contributed by atoms with Crippen molar-refractivity contribution in [1.29, 1.82) is 0 Å². The summed E-state index contributed by atoms with van der Waals surface area (Å²) in [6, 6.07) is 6.89. The smallest absolute Gasteiger partial charge is 0.0985 e. The summed E-state index contributed by atoms with van der Waals surface area (Å²) in [6.07, 6.45) is 3.84. The van der Waals surface area contributed by atoms with E-state index < -0.39 is 0 Å². The van der Waals surface area contributed by atoms with E-state index in [4.69, 9.17) is 0 Å². The molecule has 2 radical (unpaired) electrons. The highest BCUT2D eigenvalue weighted by Gasteiger charge is 2.54. The Balaban J connectivity index is 2.15. The first-order valence-corrected chi connectivity index (χ1v) is 9.39. The average Bonchev–Trinajstić information content (AvgIpc) is 2.48. The van der Waals surface area contributed by atoms with Crippen LogP contribution in [-0.4, -0.2) is 5.54 Å². The third-order valence-electron chi connectivity index (χ3n) is 6.49. The zero-order valence-corrected chi connectivity index (χ0v) is 16.0. The fourth-order valence-corrected chi connectivity index (χ4v) is 4.62. The highest BCUT2D eigenvalue weighted by atomic mass is 15.2. The van der Waals surface area contributed by atoms with Crippen molar-refractivity contribution in [2.45, 2.75) is 85.1 Å². The van der Waals surface area contributed by atoms with Crippen LogP contribution >= 0.6 is 0 Å². The quantitative estimate of drug-likeness (QED) is 0.626. The Bertz CT molecular complexity index is 561. The summed E-state index contributed by atoms with van der Waals surface area (Å²) >= 11 is 0. The van der Waals surface area contributed by atoms with Gasteiger partial charge < -0.3 is 4.90 Å². The summed E-state index contributed by atoms with van der Waals surface area (Å²) < 4.78 is 0. The standard InChI is InChI=1S/C22H33N/c1-15(2)18-9-8-10-19(16(3)4)20(18)23-14-21(6)11-12-22(23,7)13-17(21)5/h8-10,15-17H,11-13H2,1-7H3/t17-,21?,22?/m1/s1. The summed E-state index contributed by atoms with van der Waals surface area (Å²) in [6.45, 7) is 20.5. The van der Waals surface area contributed by atoms with Gasteiger partial charge in [-0.05, 0) is 60.5 Å². The van der Waals surface area contributed by atoms with Gasteiger partial charge in [-0.25, -0.2) is 0 Å². The minimum Gasteiger partial charge on any atom is -0.354 e. The van der Waals surface area contributed by atoms with Crippen molar-refractivity contribution < 1.29 is 0 Å². The van der Waals surface area contributed by atoms with Gasteiger partial charge in [0.1, 0.15) is 0 Å². The maximum atomic E-state index is 3.96. The molecule has 126 valence electrons. The molecule has 1 heteroatoms. The number of anilines is 1. The molecule has 2 bridgehead atoms. The van der Waals surface area contributed by atoms with Crippen molar-refractivity contribution in [2.24, 2.45) is 11.3 Å². The number of hydrogen-bond acceptors (Lipinski definition) is 1. The molecule has 0 amide bonds. The minimum absolute atomic E-state index is 0.228. The number of nitrogens with zero attached hydrogens (tertiary/aromatic N) is 1. The molecule has 1 saturated carbocycles. The van der Waals surface area contributed by atoms with E-state index in [1.807, 2.05) is 0 Å². The lowest BCUT2D eigenvalue weighted by atomic mass is 9.57. The molecule has 1 nitrogen and oxygen atoms in total. The minimum atomic E-state index is 0.228. The van der Waals surface area contributed by atoms with Crippen molar-refractivity contribution in [1.82, 2.24) is 0 Å². The van der Waals surface area contributed by atoms with Gasteiger partial charge in [-0.15, -0.1) is 0 Å². The van der Waals surface area contributed by atoms with Crippen molar-refractivity contribution in [3.8, 4) is 0 Å². The van der Waals surface area contributed by atoms with Crippen LogP contribution in [0.1, 0.15) is 90.7 Å². The van der Waals surface area contributed by atoms with Crippen LogP contribution in [0.25, 0.3) is 0 Å².